The number of aromatic nitrogens is 1. The summed E-state index contributed by atoms with van der Waals surface area (Å²) >= 11 is 0. The number of para-hydroxylation sites is 1. The Balaban J connectivity index is 0.00000220. The molecule has 1 aromatic carbocycles. The highest BCUT2D eigenvalue weighted by molar-refractivity contribution is 5.85. The molecule has 4 nitrogen and oxygen atoms in total. The van der Waals surface area contributed by atoms with Crippen LogP contribution in [0.2, 0.25) is 0 Å². The standard InChI is InChI=1S/C16H23N3O.ClH/c1-12(17)8-9-16(20)18-10-4-5-13-11-19-15-7-3-2-6-14(13)15;/h2-3,6-7,11-12,19H,4-5,8-10,17H2,1H3,(H,18,20);1H. The van der Waals surface area contributed by atoms with Crippen LogP contribution in [0, 0.1) is 0 Å². The Labute approximate surface area is 131 Å². The molecule has 0 aliphatic rings. The third-order valence-corrected chi connectivity index (χ3v) is 3.45. The molecule has 0 bridgehead atoms. The van der Waals surface area contributed by atoms with Gasteiger partial charge < -0.3 is 16.0 Å². The molecule has 1 aromatic heterocycles. The van der Waals surface area contributed by atoms with Crippen molar-refractivity contribution in [1.29, 1.82) is 0 Å². The van der Waals surface area contributed by atoms with Gasteiger partial charge in [0.15, 0.2) is 0 Å². The van der Waals surface area contributed by atoms with Crippen LogP contribution >= 0.6 is 12.4 Å². The first-order chi connectivity index (χ1) is 9.66. The van der Waals surface area contributed by atoms with E-state index in [0.717, 1.165) is 25.8 Å². The lowest BCUT2D eigenvalue weighted by Gasteiger charge is -2.06. The first-order valence-corrected chi connectivity index (χ1v) is 7.24. The van der Waals surface area contributed by atoms with Crippen molar-refractivity contribution < 1.29 is 4.79 Å². The van der Waals surface area contributed by atoms with Gasteiger partial charge in [0, 0.05) is 36.1 Å². The third-order valence-electron chi connectivity index (χ3n) is 3.45. The number of amides is 1. The summed E-state index contributed by atoms with van der Waals surface area (Å²) < 4.78 is 0. The molecular formula is C16H24ClN3O. The summed E-state index contributed by atoms with van der Waals surface area (Å²) in [7, 11) is 0. The topological polar surface area (TPSA) is 70.9 Å². The van der Waals surface area contributed by atoms with Crippen molar-refractivity contribution in [2.24, 2.45) is 5.73 Å². The summed E-state index contributed by atoms with van der Waals surface area (Å²) in [6.07, 6.45) is 5.24. The number of rotatable bonds is 7. The van der Waals surface area contributed by atoms with Crippen LogP contribution in [0.4, 0.5) is 0 Å². The molecule has 1 unspecified atom stereocenters. The molecule has 0 saturated carbocycles. The van der Waals surface area contributed by atoms with E-state index in [0.29, 0.717) is 6.42 Å². The maximum atomic E-state index is 11.5. The van der Waals surface area contributed by atoms with Gasteiger partial charge in [0.2, 0.25) is 5.91 Å². The highest BCUT2D eigenvalue weighted by Gasteiger charge is 2.04. The number of nitrogens with one attached hydrogen (secondary N) is 2. The van der Waals surface area contributed by atoms with E-state index < -0.39 is 0 Å². The van der Waals surface area contributed by atoms with Crippen LogP contribution < -0.4 is 11.1 Å². The van der Waals surface area contributed by atoms with Crippen LogP contribution in [-0.4, -0.2) is 23.5 Å². The molecule has 2 rings (SSSR count). The van der Waals surface area contributed by atoms with Gasteiger partial charge in [-0.2, -0.15) is 0 Å². The van der Waals surface area contributed by atoms with E-state index in [1.54, 1.807) is 0 Å². The number of nitrogens with two attached hydrogens (primary N) is 1. The minimum Gasteiger partial charge on any atom is -0.361 e. The van der Waals surface area contributed by atoms with Crippen LogP contribution in [0.1, 0.15) is 31.7 Å². The number of benzene rings is 1. The number of hydrogen-bond acceptors (Lipinski definition) is 2. The molecule has 21 heavy (non-hydrogen) atoms. The fraction of sp³-hybridized carbons (Fsp3) is 0.438. The number of halogens is 1. The Bertz CT molecular complexity index is 565. The average molecular weight is 310 g/mol. The summed E-state index contributed by atoms with van der Waals surface area (Å²) in [5.74, 6) is 0.0984. The lowest BCUT2D eigenvalue weighted by atomic mass is 10.1. The number of aromatic amines is 1. The molecular weight excluding hydrogens is 286 g/mol. The van der Waals surface area contributed by atoms with E-state index in [2.05, 4.69) is 34.7 Å². The lowest BCUT2D eigenvalue weighted by Crippen LogP contribution is -2.26. The van der Waals surface area contributed by atoms with Gasteiger partial charge in [0.25, 0.3) is 0 Å². The van der Waals surface area contributed by atoms with Crippen molar-refractivity contribution in [3.05, 3.63) is 36.0 Å². The third kappa shape index (κ3) is 5.40. The molecule has 0 aliphatic carbocycles. The molecule has 0 saturated heterocycles. The Hall–Kier alpha value is -1.52. The van der Waals surface area contributed by atoms with Crippen molar-refractivity contribution in [2.75, 3.05) is 6.54 Å². The van der Waals surface area contributed by atoms with E-state index >= 15 is 0 Å². The lowest BCUT2D eigenvalue weighted by molar-refractivity contribution is -0.121. The first-order valence-electron chi connectivity index (χ1n) is 7.24. The van der Waals surface area contributed by atoms with E-state index in [4.69, 9.17) is 5.73 Å². The summed E-state index contributed by atoms with van der Waals surface area (Å²) in [6, 6.07) is 8.38. The molecule has 1 heterocycles. The summed E-state index contributed by atoms with van der Waals surface area (Å²) in [5.41, 5.74) is 8.11. The molecule has 4 N–H and O–H groups in total. The van der Waals surface area contributed by atoms with Gasteiger partial charge in [-0.3, -0.25) is 4.79 Å². The van der Waals surface area contributed by atoms with E-state index in [9.17, 15) is 4.79 Å². The molecule has 116 valence electrons. The zero-order chi connectivity index (χ0) is 14.4. The fourth-order valence-corrected chi connectivity index (χ4v) is 2.29. The SMILES string of the molecule is CC(N)CCC(=O)NCCCc1c[nH]c2ccccc12.Cl. The Morgan fingerprint density at radius 2 is 2.14 bits per heavy atom. The van der Waals surface area contributed by atoms with Crippen molar-refractivity contribution in [2.45, 2.75) is 38.6 Å². The van der Waals surface area contributed by atoms with E-state index in [1.165, 1.54) is 16.5 Å². The van der Waals surface area contributed by atoms with Gasteiger partial charge in [-0.25, -0.2) is 0 Å². The minimum absolute atomic E-state index is 0. The number of hydrogen-bond donors (Lipinski definition) is 3. The Morgan fingerprint density at radius 3 is 2.90 bits per heavy atom. The second kappa shape index (κ2) is 8.70. The molecule has 1 amide bonds. The molecule has 0 radical (unpaired) electrons. The largest absolute Gasteiger partial charge is 0.361 e. The summed E-state index contributed by atoms with van der Waals surface area (Å²) in [5, 5.41) is 4.22. The van der Waals surface area contributed by atoms with Crippen LogP contribution in [0.15, 0.2) is 30.5 Å². The van der Waals surface area contributed by atoms with Crippen molar-refractivity contribution in [3.8, 4) is 0 Å². The highest BCUT2D eigenvalue weighted by Crippen LogP contribution is 2.18. The monoisotopic (exact) mass is 309 g/mol. The summed E-state index contributed by atoms with van der Waals surface area (Å²) in [4.78, 5) is 14.8. The van der Waals surface area contributed by atoms with Gasteiger partial charge in [-0.15, -0.1) is 12.4 Å². The second-order valence-corrected chi connectivity index (χ2v) is 5.33. The zero-order valence-electron chi connectivity index (χ0n) is 12.4. The second-order valence-electron chi connectivity index (χ2n) is 5.33. The van der Waals surface area contributed by atoms with Gasteiger partial charge in [0.05, 0.1) is 0 Å². The number of H-pyrrole nitrogens is 1. The minimum atomic E-state index is 0. The molecule has 5 heteroatoms. The molecule has 0 aliphatic heterocycles. The molecule has 0 fully saturated rings. The quantitative estimate of drug-likeness (QED) is 0.688. The smallest absolute Gasteiger partial charge is 0.220 e. The van der Waals surface area contributed by atoms with Crippen LogP contribution in [-0.2, 0) is 11.2 Å². The average Bonchev–Trinajstić information content (AvgIpc) is 2.85. The maximum absolute atomic E-state index is 11.5. The normalized spacial score (nSPS) is 11.9. The zero-order valence-corrected chi connectivity index (χ0v) is 13.2. The Morgan fingerprint density at radius 1 is 1.38 bits per heavy atom. The van der Waals surface area contributed by atoms with Gasteiger partial charge >= 0.3 is 0 Å². The van der Waals surface area contributed by atoms with Gasteiger partial charge in [-0.05, 0) is 37.8 Å². The number of aryl methyl sites for hydroxylation is 1. The van der Waals surface area contributed by atoms with Crippen LogP contribution in [0.5, 0.6) is 0 Å². The van der Waals surface area contributed by atoms with Crippen molar-refractivity contribution in [1.82, 2.24) is 10.3 Å². The predicted octanol–water partition coefficient (Wildman–Crippen LogP) is 2.77. The van der Waals surface area contributed by atoms with E-state index in [1.807, 2.05) is 13.0 Å². The summed E-state index contributed by atoms with van der Waals surface area (Å²) in [6.45, 7) is 2.64. The van der Waals surface area contributed by atoms with Gasteiger partial charge in [0.1, 0.15) is 0 Å². The Kier molecular flexibility index (Phi) is 7.26. The maximum Gasteiger partial charge on any atom is 0.220 e. The number of carbonyl (C=O) groups is 1. The fourth-order valence-electron chi connectivity index (χ4n) is 2.29. The molecule has 0 spiro atoms. The van der Waals surface area contributed by atoms with Crippen molar-refractivity contribution >= 4 is 29.2 Å². The predicted molar refractivity (Wildman–Crippen MR) is 89.8 cm³/mol. The first kappa shape index (κ1) is 17.5. The highest BCUT2D eigenvalue weighted by atomic mass is 35.5. The molecule has 1 atom stereocenters. The van der Waals surface area contributed by atoms with Crippen molar-refractivity contribution in [3.63, 3.8) is 0 Å². The van der Waals surface area contributed by atoms with E-state index in [-0.39, 0.29) is 24.4 Å². The number of fused-ring (bicyclic) bond motifs is 1. The molecule has 2 aromatic rings. The number of carbonyl (C=O) groups excluding carboxylic acids is 1. The van der Waals surface area contributed by atoms with Crippen LogP contribution in [0.3, 0.4) is 0 Å². The van der Waals surface area contributed by atoms with Crippen LogP contribution in [0.25, 0.3) is 10.9 Å². The van der Waals surface area contributed by atoms with Gasteiger partial charge in [-0.1, -0.05) is 18.2 Å².